The number of aliphatic hydroxyl groups is 1. The highest BCUT2D eigenvalue weighted by atomic mass is 16.7. The molecular weight excluding hydrogens is 400 g/mol. The van der Waals surface area contributed by atoms with E-state index in [4.69, 9.17) is 9.47 Å². The van der Waals surface area contributed by atoms with Crippen LogP contribution < -0.4 is 9.47 Å². The average Bonchev–Trinajstić information content (AvgIpc) is 3.35. The monoisotopic (exact) mass is 430 g/mol. The summed E-state index contributed by atoms with van der Waals surface area (Å²) in [5.41, 5.74) is 4.20. The summed E-state index contributed by atoms with van der Waals surface area (Å²) >= 11 is 0. The quantitative estimate of drug-likeness (QED) is 0.632. The van der Waals surface area contributed by atoms with Crippen molar-refractivity contribution >= 4 is 5.78 Å². The molecule has 0 aromatic heterocycles. The van der Waals surface area contributed by atoms with Crippen molar-refractivity contribution in [1.29, 1.82) is 0 Å². The van der Waals surface area contributed by atoms with Crippen molar-refractivity contribution in [2.24, 2.45) is 17.3 Å². The highest BCUT2D eigenvalue weighted by molar-refractivity contribution is 5.93. The van der Waals surface area contributed by atoms with Gasteiger partial charge in [0.2, 0.25) is 6.79 Å². The first-order chi connectivity index (χ1) is 15.4. The molecule has 5 atom stereocenters. The standard InChI is InChI=1S/C28H30O4/c1-3-11-28(30)12-10-23-21-7-4-17-13-19(29)6-8-20(17)26(21)22(15-27(23,28)2)18-5-9-24-25(14-18)32-16-31-24/h5,9,13-14,21-23,30H,4,6-8,10,12,15-16H2,1-2H3/t21-,22+,23-,27-,28-/m1/s1. The van der Waals surface area contributed by atoms with Crippen molar-refractivity contribution in [3.8, 4) is 23.3 Å². The average molecular weight is 431 g/mol. The molecule has 1 N–H and O–H groups in total. The zero-order valence-electron chi connectivity index (χ0n) is 18.9. The van der Waals surface area contributed by atoms with Crippen LogP contribution in [0.25, 0.3) is 0 Å². The minimum Gasteiger partial charge on any atom is -0.454 e. The molecule has 2 saturated carbocycles. The van der Waals surface area contributed by atoms with Crippen LogP contribution in [0.15, 0.2) is 41.0 Å². The molecule has 4 aliphatic carbocycles. The van der Waals surface area contributed by atoms with E-state index in [1.54, 1.807) is 0 Å². The fourth-order valence-electron chi connectivity index (χ4n) is 7.51. The molecule has 4 nitrogen and oxygen atoms in total. The summed E-state index contributed by atoms with van der Waals surface area (Å²) in [6.45, 7) is 4.36. The Morgan fingerprint density at radius 2 is 1.97 bits per heavy atom. The van der Waals surface area contributed by atoms with Gasteiger partial charge < -0.3 is 14.6 Å². The lowest BCUT2D eigenvalue weighted by atomic mass is 9.51. The van der Waals surface area contributed by atoms with Crippen LogP contribution in [-0.2, 0) is 4.79 Å². The second-order valence-electron chi connectivity index (χ2n) is 10.4. The van der Waals surface area contributed by atoms with E-state index in [0.29, 0.717) is 18.3 Å². The van der Waals surface area contributed by atoms with E-state index in [9.17, 15) is 9.90 Å². The van der Waals surface area contributed by atoms with Gasteiger partial charge in [-0.3, -0.25) is 4.79 Å². The summed E-state index contributed by atoms with van der Waals surface area (Å²) < 4.78 is 11.3. The van der Waals surface area contributed by atoms with E-state index in [-0.39, 0.29) is 23.9 Å². The molecule has 6 rings (SSSR count). The normalized spacial score (nSPS) is 37.2. The summed E-state index contributed by atoms with van der Waals surface area (Å²) in [4.78, 5) is 12.2. The van der Waals surface area contributed by atoms with Crippen molar-refractivity contribution in [3.05, 3.63) is 46.6 Å². The zero-order valence-corrected chi connectivity index (χ0v) is 18.9. The van der Waals surface area contributed by atoms with Crippen molar-refractivity contribution < 1.29 is 19.4 Å². The van der Waals surface area contributed by atoms with Gasteiger partial charge in [-0.15, -0.1) is 5.92 Å². The Morgan fingerprint density at radius 3 is 2.81 bits per heavy atom. The van der Waals surface area contributed by atoms with Gasteiger partial charge in [-0.2, -0.15) is 0 Å². The molecule has 2 fully saturated rings. The summed E-state index contributed by atoms with van der Waals surface area (Å²) in [6.07, 6.45) is 7.98. The maximum Gasteiger partial charge on any atom is 0.231 e. The number of ketones is 1. The Bertz CT molecular complexity index is 1130. The van der Waals surface area contributed by atoms with Gasteiger partial charge in [0.1, 0.15) is 5.60 Å². The molecule has 4 heteroatoms. The summed E-state index contributed by atoms with van der Waals surface area (Å²) in [5, 5.41) is 11.7. The molecule has 0 unspecified atom stereocenters. The maximum atomic E-state index is 12.2. The van der Waals surface area contributed by atoms with Crippen molar-refractivity contribution in [1.82, 2.24) is 0 Å². The van der Waals surface area contributed by atoms with Crippen LogP contribution in [0.4, 0.5) is 0 Å². The van der Waals surface area contributed by atoms with Gasteiger partial charge in [0.05, 0.1) is 0 Å². The summed E-state index contributed by atoms with van der Waals surface area (Å²) in [7, 11) is 0. The smallest absolute Gasteiger partial charge is 0.231 e. The minimum absolute atomic E-state index is 0.186. The van der Waals surface area contributed by atoms with Gasteiger partial charge in [-0.1, -0.05) is 24.5 Å². The third-order valence-corrected chi connectivity index (χ3v) is 9.02. The first-order valence-corrected chi connectivity index (χ1v) is 12.0. The third-order valence-electron chi connectivity index (χ3n) is 9.02. The van der Waals surface area contributed by atoms with E-state index < -0.39 is 5.60 Å². The molecule has 166 valence electrons. The van der Waals surface area contributed by atoms with E-state index in [0.717, 1.165) is 50.0 Å². The van der Waals surface area contributed by atoms with E-state index in [1.807, 2.05) is 19.1 Å². The second-order valence-corrected chi connectivity index (χ2v) is 10.4. The topological polar surface area (TPSA) is 55.8 Å². The Hall–Kier alpha value is -2.51. The van der Waals surface area contributed by atoms with Crippen molar-refractivity contribution in [2.75, 3.05) is 6.79 Å². The second kappa shape index (κ2) is 6.99. The Labute approximate surface area is 189 Å². The molecule has 0 bridgehead atoms. The predicted molar refractivity (Wildman–Crippen MR) is 121 cm³/mol. The molecule has 1 aromatic rings. The van der Waals surface area contributed by atoms with Gasteiger partial charge in [-0.25, -0.2) is 0 Å². The van der Waals surface area contributed by atoms with Crippen molar-refractivity contribution in [3.63, 3.8) is 0 Å². The lowest BCUT2D eigenvalue weighted by Crippen LogP contribution is -2.51. The van der Waals surface area contributed by atoms with Crippen molar-refractivity contribution in [2.45, 2.75) is 70.3 Å². The first kappa shape index (κ1) is 20.1. The molecule has 0 spiro atoms. The van der Waals surface area contributed by atoms with E-state index in [2.05, 4.69) is 30.9 Å². The van der Waals surface area contributed by atoms with Crippen LogP contribution in [0.2, 0.25) is 0 Å². The van der Waals surface area contributed by atoms with Gasteiger partial charge in [0.25, 0.3) is 0 Å². The number of hydrogen-bond acceptors (Lipinski definition) is 4. The van der Waals surface area contributed by atoms with Crippen LogP contribution >= 0.6 is 0 Å². The number of benzene rings is 1. The molecule has 1 aromatic carbocycles. The molecule has 1 heterocycles. The number of fused-ring (bicyclic) bond motifs is 5. The Morgan fingerprint density at radius 1 is 1.12 bits per heavy atom. The lowest BCUT2D eigenvalue weighted by Gasteiger charge is -2.53. The number of allylic oxidation sites excluding steroid dienone is 4. The van der Waals surface area contributed by atoms with Gasteiger partial charge in [0.15, 0.2) is 17.3 Å². The first-order valence-electron chi connectivity index (χ1n) is 12.0. The maximum absolute atomic E-state index is 12.2. The predicted octanol–water partition coefficient (Wildman–Crippen LogP) is 5.07. The van der Waals surface area contributed by atoms with Gasteiger partial charge in [-0.05, 0) is 92.2 Å². The van der Waals surface area contributed by atoms with Crippen LogP contribution in [0.5, 0.6) is 11.5 Å². The van der Waals surface area contributed by atoms with E-state index >= 15 is 0 Å². The van der Waals surface area contributed by atoms with Crippen LogP contribution in [-0.4, -0.2) is 23.3 Å². The largest absolute Gasteiger partial charge is 0.454 e. The number of carbonyl (C=O) groups excluding carboxylic acids is 1. The molecule has 0 saturated heterocycles. The fraction of sp³-hybridized carbons (Fsp3) is 0.536. The number of hydrogen-bond donors (Lipinski definition) is 1. The minimum atomic E-state index is -0.949. The highest BCUT2D eigenvalue weighted by Crippen LogP contribution is 2.66. The highest BCUT2D eigenvalue weighted by Gasteiger charge is 2.62. The zero-order chi connectivity index (χ0) is 22.1. The fourth-order valence-corrected chi connectivity index (χ4v) is 7.51. The molecule has 5 aliphatic rings. The number of carbonyl (C=O) groups is 1. The van der Waals surface area contributed by atoms with Crippen LogP contribution in [0, 0.1) is 29.1 Å². The number of rotatable bonds is 1. The van der Waals surface area contributed by atoms with Gasteiger partial charge >= 0.3 is 0 Å². The molecule has 0 radical (unpaired) electrons. The molecule has 1 aliphatic heterocycles. The van der Waals surface area contributed by atoms with Crippen LogP contribution in [0.1, 0.15) is 70.3 Å². The molecular formula is C28H30O4. The number of ether oxygens (including phenoxy) is 2. The third kappa shape index (κ3) is 2.70. The van der Waals surface area contributed by atoms with Crippen LogP contribution in [0.3, 0.4) is 0 Å². The SMILES string of the molecule is CC#C[C@@]1(O)CC[C@@H]2[C@H]3CCC4=CC(=O)CCC4=C3[C@H](c3ccc4c(c3)OCO4)C[C@]21C. The van der Waals surface area contributed by atoms with Gasteiger partial charge in [0, 0.05) is 17.8 Å². The molecule has 32 heavy (non-hydrogen) atoms. The Balaban J connectivity index is 1.54. The van der Waals surface area contributed by atoms with E-state index in [1.165, 1.54) is 22.3 Å². The lowest BCUT2D eigenvalue weighted by molar-refractivity contribution is -0.114. The Kier molecular flexibility index (Phi) is 4.40. The summed E-state index contributed by atoms with van der Waals surface area (Å²) in [6, 6.07) is 6.31. The molecule has 0 amide bonds. The summed E-state index contributed by atoms with van der Waals surface area (Å²) in [5.74, 6) is 9.14.